The van der Waals surface area contributed by atoms with E-state index >= 15 is 0 Å². The van der Waals surface area contributed by atoms with Crippen LogP contribution in [-0.4, -0.2) is 24.2 Å². The molecular formula is C16H21ClN2O2. The molecule has 0 bridgehead atoms. The summed E-state index contributed by atoms with van der Waals surface area (Å²) in [5.74, 6) is -0.0587. The maximum Gasteiger partial charge on any atom is 0.245 e. The highest BCUT2D eigenvalue weighted by atomic mass is 35.5. The molecule has 1 aromatic carbocycles. The van der Waals surface area contributed by atoms with E-state index in [4.69, 9.17) is 22.1 Å². The molecule has 114 valence electrons. The van der Waals surface area contributed by atoms with Gasteiger partial charge in [-0.3, -0.25) is 4.79 Å². The number of fused-ring (bicyclic) bond motifs is 1. The van der Waals surface area contributed by atoms with Gasteiger partial charge in [0, 0.05) is 28.6 Å². The lowest BCUT2D eigenvalue weighted by Gasteiger charge is -2.60. The lowest BCUT2D eigenvalue weighted by molar-refractivity contribution is -0.170. The third-order valence-corrected chi connectivity index (χ3v) is 5.51. The number of hydrogen-bond acceptors (Lipinski definition) is 3. The van der Waals surface area contributed by atoms with Crippen LogP contribution in [0.25, 0.3) is 0 Å². The molecule has 5 heteroatoms. The van der Waals surface area contributed by atoms with Gasteiger partial charge < -0.3 is 15.8 Å². The van der Waals surface area contributed by atoms with Gasteiger partial charge in [-0.2, -0.15) is 0 Å². The molecule has 1 saturated carbocycles. The van der Waals surface area contributed by atoms with Gasteiger partial charge in [-0.1, -0.05) is 31.5 Å². The quantitative estimate of drug-likeness (QED) is 0.883. The largest absolute Gasteiger partial charge is 0.377 e. The number of ether oxygens (including phenoxy) is 1. The number of rotatable bonds is 2. The molecule has 2 aliphatic rings. The fourth-order valence-electron chi connectivity index (χ4n) is 3.80. The maximum atomic E-state index is 12.8. The lowest BCUT2D eigenvalue weighted by atomic mass is 9.48. The van der Waals surface area contributed by atoms with Gasteiger partial charge in [-0.15, -0.1) is 0 Å². The Morgan fingerprint density at radius 3 is 2.90 bits per heavy atom. The van der Waals surface area contributed by atoms with Crippen LogP contribution in [0.3, 0.4) is 0 Å². The average Bonchev–Trinajstić information content (AvgIpc) is 2.90. The van der Waals surface area contributed by atoms with Crippen molar-refractivity contribution in [2.75, 3.05) is 11.9 Å². The third-order valence-electron chi connectivity index (χ3n) is 5.28. The van der Waals surface area contributed by atoms with Crippen LogP contribution in [0.4, 0.5) is 5.69 Å². The molecular weight excluding hydrogens is 288 g/mol. The van der Waals surface area contributed by atoms with E-state index in [9.17, 15) is 4.79 Å². The number of carbonyl (C=O) groups is 1. The summed E-state index contributed by atoms with van der Waals surface area (Å²) in [5.41, 5.74) is 6.93. The summed E-state index contributed by atoms with van der Waals surface area (Å²) in [6.07, 6.45) is 0.917. The molecule has 1 saturated heterocycles. The first-order valence-electron chi connectivity index (χ1n) is 7.26. The number of anilines is 1. The molecule has 3 atom stereocenters. The zero-order valence-electron chi connectivity index (χ0n) is 12.6. The highest BCUT2D eigenvalue weighted by Gasteiger charge is 2.71. The number of nitrogens with one attached hydrogen (secondary N) is 1. The highest BCUT2D eigenvalue weighted by Crippen LogP contribution is 2.58. The van der Waals surface area contributed by atoms with Gasteiger partial charge >= 0.3 is 0 Å². The van der Waals surface area contributed by atoms with Crippen LogP contribution in [0.2, 0.25) is 5.02 Å². The molecule has 21 heavy (non-hydrogen) atoms. The minimum atomic E-state index is -0.900. The van der Waals surface area contributed by atoms with Crippen molar-refractivity contribution in [1.82, 2.24) is 0 Å². The van der Waals surface area contributed by atoms with Crippen molar-refractivity contribution in [3.63, 3.8) is 0 Å². The Morgan fingerprint density at radius 1 is 1.48 bits per heavy atom. The van der Waals surface area contributed by atoms with E-state index in [1.54, 1.807) is 12.1 Å². The molecule has 1 amide bonds. The second kappa shape index (κ2) is 4.70. The van der Waals surface area contributed by atoms with Crippen molar-refractivity contribution in [1.29, 1.82) is 0 Å². The fraction of sp³-hybridized carbons (Fsp3) is 0.562. The van der Waals surface area contributed by atoms with E-state index in [1.165, 1.54) is 0 Å². The molecule has 3 N–H and O–H groups in total. The number of carbonyl (C=O) groups excluding carboxylic acids is 1. The summed E-state index contributed by atoms with van der Waals surface area (Å²) in [5, 5.41) is 3.55. The molecule has 1 heterocycles. The van der Waals surface area contributed by atoms with Gasteiger partial charge in [0.1, 0.15) is 5.54 Å². The normalized spacial score (nSPS) is 33.2. The Balaban J connectivity index is 1.87. The van der Waals surface area contributed by atoms with Crippen molar-refractivity contribution in [2.45, 2.75) is 38.8 Å². The molecule has 0 aromatic heterocycles. The summed E-state index contributed by atoms with van der Waals surface area (Å²) >= 11 is 6.01. The van der Waals surface area contributed by atoms with Gasteiger partial charge in [0.2, 0.25) is 5.91 Å². The van der Waals surface area contributed by atoms with Gasteiger partial charge in [0.25, 0.3) is 0 Å². The fourth-order valence-corrected chi connectivity index (χ4v) is 3.97. The first kappa shape index (κ1) is 14.8. The van der Waals surface area contributed by atoms with Crippen molar-refractivity contribution < 1.29 is 9.53 Å². The van der Waals surface area contributed by atoms with Gasteiger partial charge in [0.05, 0.1) is 6.10 Å². The Labute approximate surface area is 130 Å². The summed E-state index contributed by atoms with van der Waals surface area (Å²) in [7, 11) is 0. The summed E-state index contributed by atoms with van der Waals surface area (Å²) < 4.78 is 5.72. The minimum Gasteiger partial charge on any atom is -0.377 e. The predicted octanol–water partition coefficient (Wildman–Crippen LogP) is 2.73. The predicted molar refractivity (Wildman–Crippen MR) is 83.4 cm³/mol. The molecule has 2 fully saturated rings. The molecule has 1 aromatic rings. The summed E-state index contributed by atoms with van der Waals surface area (Å²) in [6, 6.07) is 5.44. The number of halogens is 1. The van der Waals surface area contributed by atoms with Crippen LogP contribution in [0.15, 0.2) is 18.2 Å². The SMILES string of the molecule is Cc1ccc(Cl)cc1NC(=O)C1(N)C2CCOC2C1(C)C. The van der Waals surface area contributed by atoms with E-state index < -0.39 is 5.54 Å². The first-order chi connectivity index (χ1) is 9.78. The van der Waals surface area contributed by atoms with Gasteiger partial charge in [-0.25, -0.2) is 0 Å². The number of amides is 1. The number of aryl methyl sites for hydroxylation is 1. The second-order valence-corrected chi connectivity index (χ2v) is 7.13. The van der Waals surface area contributed by atoms with Crippen molar-refractivity contribution >= 4 is 23.2 Å². The van der Waals surface area contributed by atoms with Crippen molar-refractivity contribution in [3.8, 4) is 0 Å². The number of benzene rings is 1. The summed E-state index contributed by atoms with van der Waals surface area (Å²) in [6.45, 7) is 6.62. The van der Waals surface area contributed by atoms with Crippen molar-refractivity contribution in [3.05, 3.63) is 28.8 Å². The van der Waals surface area contributed by atoms with E-state index in [-0.39, 0.29) is 23.3 Å². The van der Waals surface area contributed by atoms with Crippen LogP contribution in [-0.2, 0) is 9.53 Å². The van der Waals surface area contributed by atoms with Crippen LogP contribution in [0.5, 0.6) is 0 Å². The zero-order valence-corrected chi connectivity index (χ0v) is 13.3. The summed E-state index contributed by atoms with van der Waals surface area (Å²) in [4.78, 5) is 12.8. The Bertz CT molecular complexity index is 602. The van der Waals surface area contributed by atoms with Crippen LogP contribution in [0, 0.1) is 18.3 Å². The van der Waals surface area contributed by atoms with Crippen molar-refractivity contribution in [2.24, 2.45) is 17.1 Å². The Hall–Kier alpha value is -1.10. The molecule has 3 unspecified atom stereocenters. The van der Waals surface area contributed by atoms with Gasteiger partial charge in [-0.05, 0) is 31.0 Å². The lowest BCUT2D eigenvalue weighted by Crippen LogP contribution is -2.79. The Morgan fingerprint density at radius 2 is 2.19 bits per heavy atom. The van der Waals surface area contributed by atoms with E-state index in [0.29, 0.717) is 11.6 Å². The standard InChI is InChI=1S/C16H21ClN2O2/c1-9-4-5-10(17)8-12(9)19-14(20)16(18)11-6-7-21-13(11)15(16,2)3/h4-5,8,11,13H,6-7,18H2,1-3H3,(H,19,20). The molecule has 4 nitrogen and oxygen atoms in total. The molecule has 1 aliphatic heterocycles. The maximum absolute atomic E-state index is 12.8. The van der Waals surface area contributed by atoms with E-state index in [0.717, 1.165) is 17.7 Å². The van der Waals surface area contributed by atoms with E-state index in [1.807, 2.05) is 26.8 Å². The third kappa shape index (κ3) is 1.93. The molecule has 1 aliphatic carbocycles. The van der Waals surface area contributed by atoms with Crippen LogP contribution < -0.4 is 11.1 Å². The van der Waals surface area contributed by atoms with Crippen LogP contribution >= 0.6 is 11.6 Å². The number of nitrogens with two attached hydrogens (primary N) is 1. The highest BCUT2D eigenvalue weighted by molar-refractivity contribution is 6.31. The topological polar surface area (TPSA) is 64.4 Å². The molecule has 0 spiro atoms. The minimum absolute atomic E-state index is 0.0775. The van der Waals surface area contributed by atoms with E-state index in [2.05, 4.69) is 5.32 Å². The average molecular weight is 309 g/mol. The smallest absolute Gasteiger partial charge is 0.245 e. The first-order valence-corrected chi connectivity index (χ1v) is 7.64. The Kier molecular flexibility index (Phi) is 3.32. The monoisotopic (exact) mass is 308 g/mol. The van der Waals surface area contributed by atoms with Crippen LogP contribution in [0.1, 0.15) is 25.8 Å². The second-order valence-electron chi connectivity index (χ2n) is 6.69. The molecule has 0 radical (unpaired) electrons. The van der Waals surface area contributed by atoms with Gasteiger partial charge in [0.15, 0.2) is 0 Å². The molecule has 3 rings (SSSR count). The number of hydrogen-bond donors (Lipinski definition) is 2. The zero-order chi connectivity index (χ0) is 15.4.